The number of rotatable bonds is 7. The molecule has 128 valence electrons. The number of ether oxygens (including phenoxy) is 1. The van der Waals surface area contributed by atoms with Crippen LogP contribution in [0.5, 0.6) is 0 Å². The van der Waals surface area contributed by atoms with Gasteiger partial charge in [0.25, 0.3) is 0 Å². The van der Waals surface area contributed by atoms with Gasteiger partial charge in [-0.15, -0.1) is 0 Å². The van der Waals surface area contributed by atoms with Crippen LogP contribution in [0, 0.1) is 0 Å². The third-order valence-electron chi connectivity index (χ3n) is 4.57. The van der Waals surface area contributed by atoms with Gasteiger partial charge in [0, 0.05) is 23.8 Å². The van der Waals surface area contributed by atoms with Crippen molar-refractivity contribution in [3.63, 3.8) is 0 Å². The summed E-state index contributed by atoms with van der Waals surface area (Å²) in [6.45, 7) is 6.34. The van der Waals surface area contributed by atoms with Crippen LogP contribution in [0.4, 0.5) is 0 Å². The number of hydrogen-bond acceptors (Lipinski definition) is 5. The van der Waals surface area contributed by atoms with Gasteiger partial charge in [-0.05, 0) is 38.1 Å². The van der Waals surface area contributed by atoms with E-state index in [1.54, 1.807) is 0 Å². The fraction of sp³-hybridized carbons (Fsp3) is 0.421. The quantitative estimate of drug-likeness (QED) is 0.790. The molecule has 1 unspecified atom stereocenters. The van der Waals surface area contributed by atoms with Crippen molar-refractivity contribution in [1.29, 1.82) is 0 Å². The van der Waals surface area contributed by atoms with Gasteiger partial charge in [0.1, 0.15) is 18.1 Å². The third kappa shape index (κ3) is 3.37. The Morgan fingerprint density at radius 1 is 1.29 bits per heavy atom. The summed E-state index contributed by atoms with van der Waals surface area (Å²) in [5.74, 6) is 1.35. The average Bonchev–Trinajstić information content (AvgIpc) is 3.20. The third-order valence-corrected chi connectivity index (χ3v) is 4.57. The number of aliphatic hydroxyl groups excluding tert-OH is 1. The molecule has 1 atom stereocenters. The van der Waals surface area contributed by atoms with Crippen molar-refractivity contribution >= 4 is 5.97 Å². The Balaban J connectivity index is 1.76. The van der Waals surface area contributed by atoms with Gasteiger partial charge in [-0.1, -0.05) is 19.1 Å². The van der Waals surface area contributed by atoms with E-state index in [4.69, 9.17) is 14.3 Å². The van der Waals surface area contributed by atoms with Crippen molar-refractivity contribution in [3.05, 3.63) is 47.2 Å². The van der Waals surface area contributed by atoms with Gasteiger partial charge in [-0.2, -0.15) is 0 Å². The van der Waals surface area contributed by atoms with E-state index in [1.807, 2.05) is 30.3 Å². The Morgan fingerprint density at radius 3 is 2.88 bits per heavy atom. The molecule has 0 amide bonds. The van der Waals surface area contributed by atoms with Crippen molar-refractivity contribution in [3.8, 4) is 11.3 Å². The smallest absolute Gasteiger partial charge is 0.338 e. The molecule has 2 heterocycles. The van der Waals surface area contributed by atoms with E-state index in [2.05, 4.69) is 18.7 Å². The van der Waals surface area contributed by atoms with Crippen LogP contribution >= 0.6 is 0 Å². The lowest BCUT2D eigenvalue weighted by molar-refractivity contribution is 0.0535. The predicted octanol–water partition coefficient (Wildman–Crippen LogP) is 3.21. The van der Waals surface area contributed by atoms with E-state index >= 15 is 0 Å². The van der Waals surface area contributed by atoms with E-state index in [9.17, 15) is 4.79 Å². The molecule has 5 nitrogen and oxygen atoms in total. The van der Waals surface area contributed by atoms with Crippen LogP contribution in [0.15, 0.2) is 34.7 Å². The van der Waals surface area contributed by atoms with E-state index < -0.39 is 0 Å². The summed E-state index contributed by atoms with van der Waals surface area (Å²) in [4.78, 5) is 14.0. The molecule has 0 bridgehead atoms. The number of fused-ring (bicyclic) bond motifs is 1. The Bertz CT molecular complexity index is 722. The minimum atomic E-state index is -0.270. The fourth-order valence-corrected chi connectivity index (χ4v) is 3.03. The fourth-order valence-electron chi connectivity index (χ4n) is 3.03. The molecule has 1 aliphatic heterocycles. The van der Waals surface area contributed by atoms with Gasteiger partial charge in [-0.25, -0.2) is 4.79 Å². The SMILES string of the molecule is CCN(Cc1ccc(-c2ccc3c(c2)C(=O)OC3)o1)C(C)CCO. The maximum atomic E-state index is 11.7. The first-order valence-corrected chi connectivity index (χ1v) is 8.36. The number of aliphatic hydroxyl groups is 1. The number of benzene rings is 1. The van der Waals surface area contributed by atoms with Crippen LogP contribution < -0.4 is 0 Å². The molecule has 1 aromatic heterocycles. The summed E-state index contributed by atoms with van der Waals surface area (Å²) in [7, 11) is 0. The second kappa shape index (κ2) is 7.20. The van der Waals surface area contributed by atoms with Gasteiger partial charge in [0.2, 0.25) is 0 Å². The molecule has 0 fully saturated rings. The topological polar surface area (TPSA) is 62.9 Å². The number of cyclic esters (lactones) is 1. The van der Waals surface area contributed by atoms with Crippen molar-refractivity contribution in [1.82, 2.24) is 4.90 Å². The van der Waals surface area contributed by atoms with Gasteiger partial charge in [0.05, 0.1) is 12.1 Å². The molecule has 0 saturated carbocycles. The molecule has 0 radical (unpaired) electrons. The van der Waals surface area contributed by atoms with E-state index in [-0.39, 0.29) is 12.6 Å². The molecule has 1 aromatic carbocycles. The van der Waals surface area contributed by atoms with Crippen molar-refractivity contribution in [2.24, 2.45) is 0 Å². The Kier molecular flexibility index (Phi) is 5.02. The highest BCUT2D eigenvalue weighted by molar-refractivity contribution is 5.94. The summed E-state index contributed by atoms with van der Waals surface area (Å²) in [5, 5.41) is 9.11. The summed E-state index contributed by atoms with van der Waals surface area (Å²) < 4.78 is 11.0. The molecule has 1 aliphatic rings. The normalized spacial score (nSPS) is 14.8. The zero-order valence-electron chi connectivity index (χ0n) is 14.1. The molecule has 0 saturated heterocycles. The summed E-state index contributed by atoms with van der Waals surface area (Å²) in [5.41, 5.74) is 2.42. The molecular weight excluding hydrogens is 306 g/mol. The van der Waals surface area contributed by atoms with E-state index in [0.29, 0.717) is 24.8 Å². The highest BCUT2D eigenvalue weighted by Crippen LogP contribution is 2.28. The van der Waals surface area contributed by atoms with Crippen LogP contribution in [-0.2, 0) is 17.9 Å². The largest absolute Gasteiger partial charge is 0.460 e. The van der Waals surface area contributed by atoms with Crippen LogP contribution in [0.1, 0.15) is 41.9 Å². The molecule has 0 aliphatic carbocycles. The zero-order chi connectivity index (χ0) is 17.1. The first kappa shape index (κ1) is 16.7. The number of nitrogens with zero attached hydrogens (tertiary/aromatic N) is 1. The lowest BCUT2D eigenvalue weighted by Crippen LogP contribution is -2.32. The molecule has 3 rings (SSSR count). The first-order valence-electron chi connectivity index (χ1n) is 8.36. The highest BCUT2D eigenvalue weighted by atomic mass is 16.5. The standard InChI is InChI=1S/C19H23NO4/c1-3-20(13(2)8-9-21)11-16-6-7-18(24-16)14-4-5-15-12-23-19(22)17(15)10-14/h4-7,10,13,21H,3,8-9,11-12H2,1-2H3. The van der Waals surface area contributed by atoms with Crippen molar-refractivity contribution in [2.75, 3.05) is 13.2 Å². The van der Waals surface area contributed by atoms with E-state index in [1.165, 1.54) is 0 Å². The lowest BCUT2D eigenvalue weighted by atomic mass is 10.0. The van der Waals surface area contributed by atoms with Crippen LogP contribution in [0.3, 0.4) is 0 Å². The molecule has 5 heteroatoms. The summed E-state index contributed by atoms with van der Waals surface area (Å²) in [6.07, 6.45) is 0.744. The van der Waals surface area contributed by atoms with Crippen LogP contribution in [-0.4, -0.2) is 35.2 Å². The monoisotopic (exact) mass is 329 g/mol. The lowest BCUT2D eigenvalue weighted by Gasteiger charge is -2.26. The number of carbonyl (C=O) groups excluding carboxylic acids is 1. The maximum absolute atomic E-state index is 11.7. The number of carbonyl (C=O) groups is 1. The number of hydrogen-bond donors (Lipinski definition) is 1. The summed E-state index contributed by atoms with van der Waals surface area (Å²) >= 11 is 0. The summed E-state index contributed by atoms with van der Waals surface area (Å²) in [6, 6.07) is 9.90. The maximum Gasteiger partial charge on any atom is 0.338 e. The van der Waals surface area contributed by atoms with Gasteiger partial charge < -0.3 is 14.3 Å². The van der Waals surface area contributed by atoms with Crippen LogP contribution in [0.25, 0.3) is 11.3 Å². The van der Waals surface area contributed by atoms with Crippen LogP contribution in [0.2, 0.25) is 0 Å². The van der Waals surface area contributed by atoms with Crippen molar-refractivity contribution in [2.45, 2.75) is 39.5 Å². The molecule has 2 aromatic rings. The Morgan fingerprint density at radius 2 is 2.12 bits per heavy atom. The molecule has 24 heavy (non-hydrogen) atoms. The van der Waals surface area contributed by atoms with Crippen molar-refractivity contribution < 1.29 is 19.1 Å². The minimum absolute atomic E-state index is 0.187. The second-order valence-corrected chi connectivity index (χ2v) is 6.14. The van der Waals surface area contributed by atoms with Gasteiger partial charge >= 0.3 is 5.97 Å². The predicted molar refractivity (Wildman–Crippen MR) is 90.5 cm³/mol. The highest BCUT2D eigenvalue weighted by Gasteiger charge is 2.22. The Labute approximate surface area is 141 Å². The molecular formula is C19H23NO4. The van der Waals surface area contributed by atoms with Gasteiger partial charge in [-0.3, -0.25) is 4.90 Å². The first-order chi connectivity index (χ1) is 11.6. The Hall–Kier alpha value is -2.11. The molecule has 1 N–H and O–H groups in total. The second-order valence-electron chi connectivity index (χ2n) is 6.14. The number of esters is 1. The average molecular weight is 329 g/mol. The molecule has 0 spiro atoms. The number of furan rings is 1. The zero-order valence-corrected chi connectivity index (χ0v) is 14.1. The van der Waals surface area contributed by atoms with E-state index in [0.717, 1.165) is 35.6 Å². The van der Waals surface area contributed by atoms with Gasteiger partial charge in [0.15, 0.2) is 0 Å². The minimum Gasteiger partial charge on any atom is -0.460 e.